The summed E-state index contributed by atoms with van der Waals surface area (Å²) in [6.07, 6.45) is 0.493. The number of methoxy groups -OCH3 is 1. The normalized spacial score (nSPS) is 50.6. The van der Waals surface area contributed by atoms with Gasteiger partial charge in [0, 0.05) is 39.7 Å². The molecule has 6 rings (SSSR count). The number of aliphatic hydroxyl groups excluding tert-OH is 2. The summed E-state index contributed by atoms with van der Waals surface area (Å²) in [4.78, 5) is 39.4. The van der Waals surface area contributed by atoms with E-state index >= 15 is 0 Å². The van der Waals surface area contributed by atoms with Crippen LogP contribution in [0, 0.1) is 34.0 Å². The van der Waals surface area contributed by atoms with Gasteiger partial charge in [0.1, 0.15) is 17.8 Å². The van der Waals surface area contributed by atoms with Gasteiger partial charge in [0.05, 0.1) is 31.2 Å². The van der Waals surface area contributed by atoms with Crippen LogP contribution in [0.2, 0.25) is 0 Å². The third-order valence-electron chi connectivity index (χ3n) is 11.0. The van der Waals surface area contributed by atoms with Crippen LogP contribution in [0.15, 0.2) is 34.7 Å². The predicted octanol–water partition coefficient (Wildman–Crippen LogP) is 0.822. The maximum atomic E-state index is 13.9. The van der Waals surface area contributed by atoms with Gasteiger partial charge < -0.3 is 34.3 Å². The molecule has 1 aromatic heterocycles. The molecule has 0 radical (unpaired) electrons. The van der Waals surface area contributed by atoms with E-state index in [2.05, 4.69) is 0 Å². The van der Waals surface area contributed by atoms with E-state index in [0.717, 1.165) is 7.11 Å². The van der Waals surface area contributed by atoms with Crippen molar-refractivity contribution in [1.29, 1.82) is 0 Å². The Kier molecular flexibility index (Phi) is 4.76. The minimum absolute atomic E-state index is 0.120. The summed E-state index contributed by atoms with van der Waals surface area (Å²) in [5.74, 6) is -5.82. The number of Topliss-reactive ketones (excluding diaryl/α,β-unsaturated/α-hetero) is 1. The number of rotatable bonds is 3. The average Bonchev–Trinajstić information content (AvgIpc) is 3.45. The third kappa shape index (κ3) is 2.49. The molecular weight excluding hydrogens is 484 g/mol. The molecule has 1 aromatic rings. The number of esters is 2. The number of aliphatic hydroxyl groups is 4. The van der Waals surface area contributed by atoms with Crippen molar-refractivity contribution in [2.24, 2.45) is 34.0 Å². The van der Waals surface area contributed by atoms with E-state index in [1.54, 1.807) is 19.9 Å². The fraction of sp³-hybridized carbons (Fsp3) is 0.667. The van der Waals surface area contributed by atoms with E-state index in [1.807, 2.05) is 6.92 Å². The van der Waals surface area contributed by atoms with Crippen molar-refractivity contribution < 1.29 is 48.7 Å². The van der Waals surface area contributed by atoms with E-state index in [9.17, 15) is 34.8 Å². The molecule has 1 aliphatic heterocycles. The average molecular weight is 517 g/mol. The summed E-state index contributed by atoms with van der Waals surface area (Å²) in [6.45, 7) is 5.10. The Balaban J connectivity index is 1.59. The molecule has 0 spiro atoms. The van der Waals surface area contributed by atoms with Crippen molar-refractivity contribution in [3.8, 4) is 0 Å². The molecule has 37 heavy (non-hydrogen) atoms. The third-order valence-corrected chi connectivity index (χ3v) is 11.0. The van der Waals surface area contributed by atoms with Crippen molar-refractivity contribution in [3.63, 3.8) is 0 Å². The molecule has 0 aromatic carbocycles. The molecule has 200 valence electrons. The summed E-state index contributed by atoms with van der Waals surface area (Å²) in [5.41, 5.74) is -6.72. The van der Waals surface area contributed by atoms with Crippen LogP contribution in [0.3, 0.4) is 0 Å². The van der Waals surface area contributed by atoms with Gasteiger partial charge in [-0.1, -0.05) is 20.8 Å². The van der Waals surface area contributed by atoms with Crippen LogP contribution in [0.4, 0.5) is 0 Å². The Hall–Kier alpha value is -2.53. The van der Waals surface area contributed by atoms with Gasteiger partial charge in [-0.25, -0.2) is 9.59 Å². The van der Waals surface area contributed by atoms with Gasteiger partial charge in [-0.15, -0.1) is 0 Å². The molecule has 4 fully saturated rings. The zero-order valence-corrected chi connectivity index (χ0v) is 21.1. The SMILES string of the molecule is COC(=O)[C@H](O)[C@H]1[C@]2(C)C[C@]3(O)[C@@H](C(=O)[C@H]2O)[C@]2(O)C4=CC(=O)O[C@@H](c5ccoc5)[C@]4(C)CC[C@@H]2[C@]13C. The topological polar surface area (TPSA) is 164 Å². The van der Waals surface area contributed by atoms with Crippen molar-refractivity contribution in [2.45, 2.75) is 69.5 Å². The van der Waals surface area contributed by atoms with Gasteiger partial charge in [0.25, 0.3) is 0 Å². The largest absolute Gasteiger partial charge is 0.472 e. The van der Waals surface area contributed by atoms with Crippen molar-refractivity contribution in [3.05, 3.63) is 35.8 Å². The van der Waals surface area contributed by atoms with E-state index < -0.39 is 81.2 Å². The number of fused-ring (bicyclic) bond motifs is 6. The molecule has 2 bridgehead atoms. The second kappa shape index (κ2) is 7.11. The highest BCUT2D eigenvalue weighted by atomic mass is 16.5. The minimum atomic E-state index is -2.04. The Morgan fingerprint density at radius 1 is 1.22 bits per heavy atom. The van der Waals surface area contributed by atoms with Gasteiger partial charge >= 0.3 is 11.9 Å². The summed E-state index contributed by atoms with van der Waals surface area (Å²) in [6, 6.07) is 1.67. The van der Waals surface area contributed by atoms with Gasteiger partial charge in [-0.2, -0.15) is 0 Å². The van der Waals surface area contributed by atoms with Crippen LogP contribution in [0.1, 0.15) is 51.7 Å². The smallest absolute Gasteiger partial charge is 0.335 e. The molecule has 4 aliphatic carbocycles. The molecule has 2 heterocycles. The highest BCUT2D eigenvalue weighted by molar-refractivity contribution is 5.94. The second-order valence-corrected chi connectivity index (χ2v) is 12.3. The summed E-state index contributed by atoms with van der Waals surface area (Å²) in [7, 11) is 1.13. The fourth-order valence-electron chi connectivity index (χ4n) is 9.65. The summed E-state index contributed by atoms with van der Waals surface area (Å²) >= 11 is 0. The quantitative estimate of drug-likeness (QED) is 0.423. The molecule has 0 amide bonds. The van der Waals surface area contributed by atoms with Crippen molar-refractivity contribution >= 4 is 17.7 Å². The Bertz CT molecular complexity index is 1240. The monoisotopic (exact) mass is 516 g/mol. The molecule has 0 saturated heterocycles. The molecule has 4 saturated carbocycles. The lowest BCUT2D eigenvalue weighted by Gasteiger charge is -2.58. The number of cyclic esters (lactones) is 1. The Labute approximate surface area is 213 Å². The lowest BCUT2D eigenvalue weighted by atomic mass is 9.49. The molecule has 11 atom stereocenters. The van der Waals surface area contributed by atoms with Crippen LogP contribution in [0.25, 0.3) is 0 Å². The fourth-order valence-corrected chi connectivity index (χ4v) is 9.65. The molecule has 5 aliphatic rings. The van der Waals surface area contributed by atoms with Crippen LogP contribution in [-0.2, 0) is 23.9 Å². The van der Waals surface area contributed by atoms with Gasteiger partial charge in [-0.05, 0) is 30.9 Å². The van der Waals surface area contributed by atoms with Crippen LogP contribution >= 0.6 is 0 Å². The van der Waals surface area contributed by atoms with E-state index in [-0.39, 0.29) is 12.0 Å². The molecule has 10 nitrogen and oxygen atoms in total. The molecule has 0 unspecified atom stereocenters. The minimum Gasteiger partial charge on any atom is -0.472 e. The van der Waals surface area contributed by atoms with Gasteiger partial charge in [0.2, 0.25) is 0 Å². The predicted molar refractivity (Wildman–Crippen MR) is 123 cm³/mol. The number of furan rings is 1. The van der Waals surface area contributed by atoms with E-state index in [0.29, 0.717) is 18.4 Å². The highest BCUT2D eigenvalue weighted by Crippen LogP contribution is 2.80. The number of hydrogen-bond acceptors (Lipinski definition) is 10. The van der Waals surface area contributed by atoms with Crippen LogP contribution in [-0.4, -0.2) is 68.7 Å². The van der Waals surface area contributed by atoms with E-state index in [1.165, 1.54) is 18.6 Å². The zero-order valence-electron chi connectivity index (χ0n) is 21.1. The van der Waals surface area contributed by atoms with Gasteiger partial charge in [-0.3, -0.25) is 4.79 Å². The van der Waals surface area contributed by atoms with Crippen molar-refractivity contribution in [1.82, 2.24) is 0 Å². The molecule has 4 N–H and O–H groups in total. The highest BCUT2D eigenvalue weighted by Gasteiger charge is 2.88. The number of ether oxygens (including phenoxy) is 2. The van der Waals surface area contributed by atoms with Crippen molar-refractivity contribution in [2.75, 3.05) is 7.11 Å². The van der Waals surface area contributed by atoms with E-state index in [4.69, 9.17) is 13.9 Å². The van der Waals surface area contributed by atoms with Gasteiger partial charge in [0.15, 0.2) is 11.9 Å². The number of carbonyl (C=O) groups excluding carboxylic acids is 3. The molecular formula is C27H32O10. The van der Waals surface area contributed by atoms with Crippen LogP contribution < -0.4 is 0 Å². The molecule has 10 heteroatoms. The second-order valence-electron chi connectivity index (χ2n) is 12.3. The first-order valence-corrected chi connectivity index (χ1v) is 12.6. The Morgan fingerprint density at radius 3 is 2.54 bits per heavy atom. The summed E-state index contributed by atoms with van der Waals surface area (Å²) < 4.78 is 15.7. The number of ketones is 1. The lowest BCUT2D eigenvalue weighted by molar-refractivity contribution is -0.189. The summed E-state index contributed by atoms with van der Waals surface area (Å²) in [5, 5.41) is 47.6. The Morgan fingerprint density at radius 2 is 1.92 bits per heavy atom. The lowest BCUT2D eigenvalue weighted by Crippen LogP contribution is -2.65. The number of hydrogen-bond donors (Lipinski definition) is 4. The standard InChI is InChI=1S/C27H32O10/c1-23-7-5-13-25(3)18(17(30)22(32)35-4)24(2)11-26(25,33)19(16(29)20(24)31)27(13,34)14(23)9-15(28)37-21(23)12-6-8-36-10-12/h6,8-10,13,17-21,30-31,33-34H,5,7,11H2,1-4H3/t13-,17-,18+,19-,20-,21+,23-,24+,25-,26+,27-/m1/s1. The first kappa shape index (κ1) is 24.8. The first-order chi connectivity index (χ1) is 17.2. The van der Waals surface area contributed by atoms with Crippen LogP contribution in [0.5, 0.6) is 0 Å². The maximum Gasteiger partial charge on any atom is 0.335 e. The first-order valence-electron chi connectivity index (χ1n) is 12.6. The number of carbonyl (C=O) groups is 3. The zero-order chi connectivity index (χ0) is 26.9. The maximum absolute atomic E-state index is 13.9.